The first kappa shape index (κ1) is 13.0. The molecule has 0 amide bonds. The molecule has 0 bridgehead atoms. The predicted octanol–water partition coefficient (Wildman–Crippen LogP) is -0.427. The van der Waals surface area contributed by atoms with Gasteiger partial charge in [0.2, 0.25) is 21.3 Å². The summed E-state index contributed by atoms with van der Waals surface area (Å²) in [5.41, 5.74) is 0. The van der Waals surface area contributed by atoms with E-state index in [4.69, 9.17) is 4.55 Å². The Kier molecular flexibility index (Phi) is 4.65. The lowest BCUT2D eigenvalue weighted by atomic mass is 9.92. The Labute approximate surface area is 92.3 Å². The monoisotopic (exact) mass is 256 g/mol. The van der Waals surface area contributed by atoms with Crippen LogP contribution in [0.5, 0.6) is 0 Å². The maximum atomic E-state index is 10.9. The number of hydrogen-bond acceptors (Lipinski definition) is 3. The lowest BCUT2D eigenvalue weighted by Crippen LogP contribution is -2.42. The average molecular weight is 256 g/mol. The summed E-state index contributed by atoms with van der Waals surface area (Å²) in [6, 6.07) is -0.0291. The molecule has 15 heavy (non-hydrogen) atoms. The van der Waals surface area contributed by atoms with E-state index in [-0.39, 0.29) is 12.1 Å². The number of sulfonamides is 1. The second-order valence-corrected chi connectivity index (χ2v) is 6.32. The van der Waals surface area contributed by atoms with E-state index < -0.39 is 21.3 Å². The minimum atomic E-state index is -3.14. The van der Waals surface area contributed by atoms with Crippen LogP contribution < -0.4 is 9.44 Å². The first-order valence-electron chi connectivity index (χ1n) is 4.71. The van der Waals surface area contributed by atoms with Gasteiger partial charge in [-0.1, -0.05) is 0 Å². The normalized spacial score (nSPS) is 30.0. The maximum absolute atomic E-state index is 10.9. The van der Waals surface area contributed by atoms with Gasteiger partial charge < -0.3 is 0 Å². The molecule has 0 spiro atoms. The molecule has 1 aliphatic rings. The largest absolute Gasteiger partial charge is 0.294 e. The average Bonchev–Trinajstić information content (AvgIpc) is 2.05. The van der Waals surface area contributed by atoms with Crippen LogP contribution in [-0.2, 0) is 21.3 Å². The molecule has 90 valence electrons. The summed E-state index contributed by atoms with van der Waals surface area (Å²) in [5.74, 6) is 0. The number of hydrogen-bond donors (Lipinski definition) is 3. The van der Waals surface area contributed by atoms with Crippen molar-refractivity contribution in [3.05, 3.63) is 0 Å². The van der Waals surface area contributed by atoms with Crippen LogP contribution in [0.2, 0.25) is 0 Å². The molecule has 1 fully saturated rings. The highest BCUT2D eigenvalue weighted by Crippen LogP contribution is 2.19. The fraction of sp³-hybridized carbons (Fsp3) is 1.00. The van der Waals surface area contributed by atoms with Gasteiger partial charge in [0.1, 0.15) is 0 Å². The van der Waals surface area contributed by atoms with Gasteiger partial charge in [-0.25, -0.2) is 22.1 Å². The van der Waals surface area contributed by atoms with Gasteiger partial charge in [0.15, 0.2) is 0 Å². The summed E-state index contributed by atoms with van der Waals surface area (Å²) >= 11 is -1.98. The zero-order valence-corrected chi connectivity index (χ0v) is 10.1. The fourth-order valence-electron chi connectivity index (χ4n) is 1.77. The first-order chi connectivity index (χ1) is 6.87. The van der Waals surface area contributed by atoms with Gasteiger partial charge in [0.25, 0.3) is 0 Å². The molecule has 8 heteroatoms. The van der Waals surface area contributed by atoms with Crippen LogP contribution in [0.25, 0.3) is 0 Å². The number of nitrogens with one attached hydrogen (secondary N) is 2. The van der Waals surface area contributed by atoms with E-state index in [1.54, 1.807) is 0 Å². The van der Waals surface area contributed by atoms with Gasteiger partial charge in [-0.2, -0.15) is 0 Å². The quantitative estimate of drug-likeness (QED) is 0.595. The second kappa shape index (κ2) is 5.35. The van der Waals surface area contributed by atoms with E-state index in [1.807, 2.05) is 0 Å². The van der Waals surface area contributed by atoms with Gasteiger partial charge in [-0.05, 0) is 25.7 Å². The summed E-state index contributed by atoms with van der Waals surface area (Å²) in [7, 11) is -3.14. The Morgan fingerprint density at radius 3 is 2.07 bits per heavy atom. The molecule has 0 aromatic rings. The smallest absolute Gasteiger partial charge is 0.231 e. The van der Waals surface area contributed by atoms with Crippen LogP contribution in [0.4, 0.5) is 0 Å². The molecule has 1 atom stereocenters. The highest BCUT2D eigenvalue weighted by molar-refractivity contribution is 7.88. The summed E-state index contributed by atoms with van der Waals surface area (Å²) in [5, 5.41) is 0. The molecule has 0 aromatic carbocycles. The molecule has 1 rings (SSSR count). The molecule has 6 nitrogen and oxygen atoms in total. The Balaban J connectivity index is 2.33. The molecule has 0 heterocycles. The molecular weight excluding hydrogens is 240 g/mol. The third-order valence-corrected chi connectivity index (χ3v) is 3.67. The van der Waals surface area contributed by atoms with Gasteiger partial charge >= 0.3 is 0 Å². The maximum Gasteiger partial charge on any atom is 0.231 e. The lowest BCUT2D eigenvalue weighted by molar-refractivity contribution is 0.354. The summed E-state index contributed by atoms with van der Waals surface area (Å²) in [4.78, 5) is 0. The molecular formula is C7H16N2O4S2. The molecule has 0 aromatic heterocycles. The Morgan fingerprint density at radius 2 is 1.67 bits per heavy atom. The van der Waals surface area contributed by atoms with Crippen molar-refractivity contribution in [3.8, 4) is 0 Å². The van der Waals surface area contributed by atoms with Crippen LogP contribution in [-0.4, -0.2) is 35.5 Å². The van der Waals surface area contributed by atoms with Crippen molar-refractivity contribution in [2.45, 2.75) is 37.8 Å². The minimum Gasteiger partial charge on any atom is -0.294 e. The Hall–Kier alpha value is -0.0200. The van der Waals surface area contributed by atoms with Gasteiger partial charge in [-0.3, -0.25) is 4.55 Å². The van der Waals surface area contributed by atoms with Crippen LogP contribution in [0.3, 0.4) is 0 Å². The molecule has 0 radical (unpaired) electrons. The molecule has 0 saturated heterocycles. The highest BCUT2D eigenvalue weighted by Gasteiger charge is 2.23. The topological polar surface area (TPSA) is 95.5 Å². The van der Waals surface area contributed by atoms with Crippen molar-refractivity contribution in [2.75, 3.05) is 6.26 Å². The fourth-order valence-corrected chi connectivity index (χ4v) is 3.14. The zero-order valence-electron chi connectivity index (χ0n) is 8.47. The Morgan fingerprint density at radius 1 is 1.20 bits per heavy atom. The second-order valence-electron chi connectivity index (χ2n) is 3.81. The van der Waals surface area contributed by atoms with Crippen molar-refractivity contribution in [1.29, 1.82) is 0 Å². The van der Waals surface area contributed by atoms with Gasteiger partial charge in [0, 0.05) is 12.1 Å². The standard InChI is InChI=1S/C7H16N2O4S2/c1-15(12,13)9-7-4-2-6(3-5-7)8-14(10)11/h6-9H,2-5H2,1H3,(H,10,11). The predicted molar refractivity (Wildman–Crippen MR) is 57.9 cm³/mol. The van der Waals surface area contributed by atoms with E-state index >= 15 is 0 Å². The van der Waals surface area contributed by atoms with Crippen molar-refractivity contribution in [1.82, 2.24) is 9.44 Å². The van der Waals surface area contributed by atoms with E-state index in [9.17, 15) is 12.6 Å². The van der Waals surface area contributed by atoms with Gasteiger partial charge in [0.05, 0.1) is 6.26 Å². The van der Waals surface area contributed by atoms with E-state index in [0.29, 0.717) is 25.7 Å². The van der Waals surface area contributed by atoms with Gasteiger partial charge in [-0.15, -0.1) is 0 Å². The molecule has 3 N–H and O–H groups in total. The van der Waals surface area contributed by atoms with Crippen molar-refractivity contribution in [3.63, 3.8) is 0 Å². The van der Waals surface area contributed by atoms with E-state index in [2.05, 4.69) is 9.44 Å². The zero-order chi connectivity index (χ0) is 11.5. The van der Waals surface area contributed by atoms with Crippen LogP contribution in [0.1, 0.15) is 25.7 Å². The number of rotatable bonds is 4. The van der Waals surface area contributed by atoms with Crippen molar-refractivity contribution < 1.29 is 17.2 Å². The third-order valence-electron chi connectivity index (χ3n) is 2.38. The summed E-state index contributed by atoms with van der Waals surface area (Å²) < 4.78 is 46.0. The minimum absolute atomic E-state index is 0.00782. The highest BCUT2D eigenvalue weighted by atomic mass is 32.2. The lowest BCUT2D eigenvalue weighted by Gasteiger charge is -2.27. The van der Waals surface area contributed by atoms with E-state index in [0.717, 1.165) is 6.26 Å². The van der Waals surface area contributed by atoms with E-state index in [1.165, 1.54) is 0 Å². The molecule has 1 unspecified atom stereocenters. The summed E-state index contributed by atoms with van der Waals surface area (Å²) in [6.45, 7) is 0. The molecule has 1 saturated carbocycles. The molecule has 1 aliphatic carbocycles. The first-order valence-corrected chi connectivity index (χ1v) is 7.71. The van der Waals surface area contributed by atoms with Crippen LogP contribution >= 0.6 is 0 Å². The van der Waals surface area contributed by atoms with Crippen molar-refractivity contribution >= 4 is 21.3 Å². The SMILES string of the molecule is CS(=O)(=O)NC1CCC(NS(=O)O)CC1. The van der Waals surface area contributed by atoms with Crippen LogP contribution in [0.15, 0.2) is 0 Å². The van der Waals surface area contributed by atoms with Crippen molar-refractivity contribution in [2.24, 2.45) is 0 Å². The Bertz CT molecular complexity index is 322. The van der Waals surface area contributed by atoms with Crippen LogP contribution in [0, 0.1) is 0 Å². The molecule has 0 aliphatic heterocycles. The summed E-state index contributed by atoms with van der Waals surface area (Å²) in [6.07, 6.45) is 3.95. The third kappa shape index (κ3) is 5.57.